The number of carboxylic acid groups (broad SMARTS) is 1. The maximum Gasteiger partial charge on any atom is 0.341 e. The van der Waals surface area contributed by atoms with E-state index < -0.39 is 17.0 Å². The van der Waals surface area contributed by atoms with Crippen LogP contribution in [0.5, 0.6) is 0 Å². The molecule has 0 bridgehead atoms. The Morgan fingerprint density at radius 1 is 1.32 bits per heavy atom. The van der Waals surface area contributed by atoms with Crippen molar-refractivity contribution in [1.82, 2.24) is 19.4 Å². The second kappa shape index (κ2) is 8.80. The predicted octanol–water partition coefficient (Wildman–Crippen LogP) is 1.90. The molecule has 0 atom stereocenters. The van der Waals surface area contributed by atoms with Crippen LogP contribution in [0.4, 0.5) is 5.82 Å². The number of fused-ring (bicyclic) bond motifs is 1. The summed E-state index contributed by atoms with van der Waals surface area (Å²) in [6.45, 7) is 8.69. The lowest BCUT2D eigenvalue weighted by molar-refractivity contribution is -0.139. The van der Waals surface area contributed by atoms with E-state index in [1.165, 1.54) is 22.1 Å². The van der Waals surface area contributed by atoms with Crippen molar-refractivity contribution in [3.8, 4) is 5.13 Å². The number of pyridine rings is 2. The van der Waals surface area contributed by atoms with Crippen LogP contribution < -0.4 is 10.3 Å². The average molecular weight is 486 g/mol. The standard InChI is InChI=1S/C23H27N5O5S/c1-5-26(12-23(3,4)33)20(30)14-9-27(10-14)16-8-13(2)17-18(29)15(21(31)32)11-28(19(17)25-16)22-24-6-7-34-22/h6-8,11,14,33H,5,9-10,12H2,1-4H3,(H,31,32). The fraction of sp³-hybridized carbons (Fsp3) is 0.435. The van der Waals surface area contributed by atoms with Crippen LogP contribution in [0.2, 0.25) is 0 Å². The van der Waals surface area contributed by atoms with Crippen LogP contribution in [0, 0.1) is 12.8 Å². The number of thiazole rings is 1. The van der Waals surface area contributed by atoms with Crippen LogP contribution in [0.15, 0.2) is 28.6 Å². The van der Waals surface area contributed by atoms with Gasteiger partial charge in [-0.2, -0.15) is 0 Å². The number of carboxylic acids is 1. The quantitative estimate of drug-likeness (QED) is 0.519. The Morgan fingerprint density at radius 3 is 2.59 bits per heavy atom. The van der Waals surface area contributed by atoms with Crippen LogP contribution in [0.1, 0.15) is 36.7 Å². The van der Waals surface area contributed by atoms with Crippen molar-refractivity contribution in [3.05, 3.63) is 45.2 Å². The number of aryl methyl sites for hydroxylation is 1. The first-order valence-corrected chi connectivity index (χ1v) is 11.8. The zero-order valence-corrected chi connectivity index (χ0v) is 20.3. The zero-order valence-electron chi connectivity index (χ0n) is 19.5. The minimum atomic E-state index is -1.31. The molecule has 1 fully saturated rings. The summed E-state index contributed by atoms with van der Waals surface area (Å²) in [4.78, 5) is 50.1. The van der Waals surface area contributed by atoms with E-state index in [-0.39, 0.29) is 29.3 Å². The SMILES string of the molecule is CCN(CC(C)(C)O)C(=O)C1CN(c2cc(C)c3c(=O)c(C(=O)O)cn(-c4nccs4)c3n2)C1. The van der Waals surface area contributed by atoms with Gasteiger partial charge in [-0.15, -0.1) is 11.3 Å². The van der Waals surface area contributed by atoms with Crippen LogP contribution in [-0.2, 0) is 4.79 Å². The van der Waals surface area contributed by atoms with Gasteiger partial charge in [-0.05, 0) is 39.3 Å². The second-order valence-corrected chi connectivity index (χ2v) is 10.00. The first kappa shape index (κ1) is 23.8. The number of nitrogens with zero attached hydrogens (tertiary/aromatic N) is 5. The van der Waals surface area contributed by atoms with Gasteiger partial charge in [0.1, 0.15) is 11.4 Å². The van der Waals surface area contributed by atoms with Gasteiger partial charge in [0, 0.05) is 44.0 Å². The van der Waals surface area contributed by atoms with Gasteiger partial charge in [0.05, 0.1) is 16.9 Å². The monoisotopic (exact) mass is 485 g/mol. The predicted molar refractivity (Wildman–Crippen MR) is 129 cm³/mol. The number of rotatable bonds is 7. The highest BCUT2D eigenvalue weighted by atomic mass is 32.1. The fourth-order valence-electron chi connectivity index (χ4n) is 4.17. The smallest absolute Gasteiger partial charge is 0.341 e. The summed E-state index contributed by atoms with van der Waals surface area (Å²) in [7, 11) is 0. The molecular formula is C23H27N5O5S. The Morgan fingerprint density at radius 2 is 2.03 bits per heavy atom. The molecule has 4 rings (SSSR count). The van der Waals surface area contributed by atoms with Gasteiger partial charge >= 0.3 is 5.97 Å². The van der Waals surface area contributed by atoms with E-state index >= 15 is 0 Å². The van der Waals surface area contributed by atoms with Crippen LogP contribution in [0.25, 0.3) is 16.2 Å². The van der Waals surface area contributed by atoms with Gasteiger partial charge in [-0.25, -0.2) is 14.8 Å². The molecule has 4 heterocycles. The van der Waals surface area contributed by atoms with Crippen molar-refractivity contribution in [2.45, 2.75) is 33.3 Å². The number of carbonyl (C=O) groups is 2. The van der Waals surface area contributed by atoms with Gasteiger partial charge in [0.15, 0.2) is 10.8 Å². The number of hydrogen-bond donors (Lipinski definition) is 2. The van der Waals surface area contributed by atoms with Crippen molar-refractivity contribution in [3.63, 3.8) is 0 Å². The molecule has 1 aliphatic rings. The minimum Gasteiger partial charge on any atom is -0.477 e. The van der Waals surface area contributed by atoms with Crippen LogP contribution in [-0.4, -0.2) is 73.3 Å². The molecular weight excluding hydrogens is 458 g/mol. The van der Waals surface area contributed by atoms with Crippen molar-refractivity contribution in [1.29, 1.82) is 0 Å². The molecule has 10 nitrogen and oxygen atoms in total. The number of anilines is 1. The molecule has 0 aromatic carbocycles. The third-order valence-electron chi connectivity index (χ3n) is 5.82. The molecule has 0 aliphatic carbocycles. The number of likely N-dealkylation sites (N-methyl/N-ethyl adjacent to an activating group) is 1. The Kier molecular flexibility index (Phi) is 6.17. The third-order valence-corrected chi connectivity index (χ3v) is 6.59. The third kappa shape index (κ3) is 4.40. The molecule has 2 N–H and O–H groups in total. The number of aromatic nitrogens is 3. The molecule has 1 aliphatic heterocycles. The van der Waals surface area contributed by atoms with Crippen LogP contribution in [0.3, 0.4) is 0 Å². The molecule has 1 saturated heterocycles. The summed E-state index contributed by atoms with van der Waals surface area (Å²) in [5.74, 6) is -0.927. The fourth-order valence-corrected chi connectivity index (χ4v) is 4.78. The van der Waals surface area contributed by atoms with Gasteiger partial charge in [-0.1, -0.05) is 0 Å². The van der Waals surface area contributed by atoms with Crippen molar-refractivity contribution in [2.75, 3.05) is 31.1 Å². The Bertz CT molecular complexity index is 1310. The summed E-state index contributed by atoms with van der Waals surface area (Å²) >= 11 is 1.30. The van der Waals surface area contributed by atoms with E-state index in [2.05, 4.69) is 4.98 Å². The molecule has 34 heavy (non-hydrogen) atoms. The molecule has 3 aromatic heterocycles. The summed E-state index contributed by atoms with van der Waals surface area (Å²) in [5, 5.41) is 22.1. The van der Waals surface area contributed by atoms with E-state index in [9.17, 15) is 24.6 Å². The van der Waals surface area contributed by atoms with Crippen molar-refractivity contribution < 1.29 is 19.8 Å². The van der Waals surface area contributed by atoms with E-state index in [4.69, 9.17) is 4.98 Å². The summed E-state index contributed by atoms with van der Waals surface area (Å²) in [6.07, 6.45) is 2.86. The molecule has 0 unspecified atom stereocenters. The zero-order chi connectivity index (χ0) is 24.8. The molecule has 3 aromatic rings. The Hall–Kier alpha value is -3.31. The average Bonchev–Trinajstić information content (AvgIpc) is 3.24. The number of hydrogen-bond acceptors (Lipinski definition) is 8. The maximum atomic E-state index is 12.9. The highest BCUT2D eigenvalue weighted by Gasteiger charge is 2.37. The lowest BCUT2D eigenvalue weighted by atomic mass is 9.97. The van der Waals surface area contributed by atoms with E-state index in [0.717, 1.165) is 0 Å². The number of amides is 1. The molecule has 11 heteroatoms. The Labute approximate surface area is 200 Å². The van der Waals surface area contributed by atoms with E-state index in [1.807, 2.05) is 11.8 Å². The van der Waals surface area contributed by atoms with Crippen molar-refractivity contribution >= 4 is 40.1 Å². The topological polar surface area (TPSA) is 129 Å². The highest BCUT2D eigenvalue weighted by molar-refractivity contribution is 7.12. The first-order chi connectivity index (χ1) is 16.0. The Balaban J connectivity index is 1.68. The van der Waals surface area contributed by atoms with E-state index in [1.54, 1.807) is 43.3 Å². The number of aliphatic hydroxyl groups is 1. The highest BCUT2D eigenvalue weighted by Crippen LogP contribution is 2.29. The maximum absolute atomic E-state index is 12.9. The molecule has 180 valence electrons. The molecule has 1 amide bonds. The van der Waals surface area contributed by atoms with Gasteiger partial charge in [0.25, 0.3) is 0 Å². The van der Waals surface area contributed by atoms with Gasteiger partial charge in [-0.3, -0.25) is 14.2 Å². The molecule has 0 radical (unpaired) electrons. The first-order valence-electron chi connectivity index (χ1n) is 11.0. The molecule has 0 saturated carbocycles. The van der Waals surface area contributed by atoms with Gasteiger partial charge < -0.3 is 20.0 Å². The number of aromatic carboxylic acids is 1. The second-order valence-electron chi connectivity index (χ2n) is 9.12. The molecule has 0 spiro atoms. The summed E-state index contributed by atoms with van der Waals surface area (Å²) < 4.78 is 1.53. The lowest BCUT2D eigenvalue weighted by Crippen LogP contribution is -2.56. The van der Waals surface area contributed by atoms with E-state index in [0.29, 0.717) is 41.8 Å². The largest absolute Gasteiger partial charge is 0.477 e. The van der Waals surface area contributed by atoms with Crippen molar-refractivity contribution in [2.24, 2.45) is 5.92 Å². The lowest BCUT2D eigenvalue weighted by Gasteiger charge is -2.42. The van der Waals surface area contributed by atoms with Gasteiger partial charge in [0.2, 0.25) is 11.3 Å². The minimum absolute atomic E-state index is 0.0100. The van der Waals surface area contributed by atoms with Crippen LogP contribution >= 0.6 is 11.3 Å². The summed E-state index contributed by atoms with van der Waals surface area (Å²) in [6, 6.07) is 1.75. The normalized spacial score (nSPS) is 14.3. The summed E-state index contributed by atoms with van der Waals surface area (Å²) in [5.41, 5.74) is -0.979. The number of carbonyl (C=O) groups excluding carboxylic acids is 1.